The number of nitrogens with one attached hydrogen (secondary N) is 4. The zero-order chi connectivity index (χ0) is 21.8. The van der Waals surface area contributed by atoms with Crippen molar-refractivity contribution in [2.45, 2.75) is 13.0 Å². The molecule has 3 aromatic rings. The molecule has 0 saturated heterocycles. The molecule has 9 nitrogen and oxygen atoms in total. The lowest BCUT2D eigenvalue weighted by atomic mass is 10.1. The summed E-state index contributed by atoms with van der Waals surface area (Å²) in [6.07, 6.45) is 2.97. The Kier molecular flexibility index (Phi) is 6.10. The zero-order valence-corrected chi connectivity index (χ0v) is 17.4. The smallest absolute Gasteiger partial charge is 0.229 e. The monoisotopic (exact) mass is 442 g/mol. The molecule has 160 valence electrons. The minimum absolute atomic E-state index is 0.0132. The van der Waals surface area contributed by atoms with Gasteiger partial charge >= 0.3 is 0 Å². The summed E-state index contributed by atoms with van der Waals surface area (Å²) >= 11 is 5.77. The van der Waals surface area contributed by atoms with Crippen molar-refractivity contribution in [2.75, 3.05) is 29.2 Å². The zero-order valence-electron chi connectivity index (χ0n) is 16.6. The predicted molar refractivity (Wildman–Crippen MR) is 117 cm³/mol. The van der Waals surface area contributed by atoms with Gasteiger partial charge in [-0.15, -0.1) is 0 Å². The number of nitrogens with zero attached hydrogens (tertiary/aromatic N) is 4. The molecule has 0 unspecified atom stereocenters. The summed E-state index contributed by atoms with van der Waals surface area (Å²) in [5, 5.41) is 10.9. The molecule has 1 aliphatic rings. The first kappa shape index (κ1) is 20.8. The summed E-state index contributed by atoms with van der Waals surface area (Å²) in [5.41, 5.74) is 6.64. The average molecular weight is 443 g/mol. The number of fused-ring (bicyclic) bond motifs is 1. The third kappa shape index (κ3) is 4.98. The Morgan fingerprint density at radius 2 is 2.03 bits per heavy atom. The van der Waals surface area contributed by atoms with Crippen LogP contribution in [-0.4, -0.2) is 34.5 Å². The molecule has 0 atom stereocenters. The molecule has 3 heterocycles. The van der Waals surface area contributed by atoms with Gasteiger partial charge in [-0.25, -0.2) is 19.8 Å². The molecule has 31 heavy (non-hydrogen) atoms. The normalized spacial score (nSPS) is 12.4. The van der Waals surface area contributed by atoms with Crippen molar-refractivity contribution in [3.63, 3.8) is 0 Å². The summed E-state index contributed by atoms with van der Waals surface area (Å²) in [5.74, 6) is -0.343. The van der Waals surface area contributed by atoms with Gasteiger partial charge in [0.1, 0.15) is 5.15 Å². The van der Waals surface area contributed by atoms with E-state index in [1.54, 1.807) is 19.2 Å². The van der Waals surface area contributed by atoms with Crippen molar-refractivity contribution in [3.8, 4) is 0 Å². The van der Waals surface area contributed by atoms with Gasteiger partial charge in [0.2, 0.25) is 11.9 Å². The molecule has 1 aromatic carbocycles. The van der Waals surface area contributed by atoms with Crippen LogP contribution in [0.4, 0.5) is 33.2 Å². The van der Waals surface area contributed by atoms with E-state index in [-0.39, 0.29) is 17.7 Å². The van der Waals surface area contributed by atoms with Crippen molar-refractivity contribution in [3.05, 3.63) is 59.3 Å². The first-order valence-electron chi connectivity index (χ1n) is 9.54. The summed E-state index contributed by atoms with van der Waals surface area (Å²) < 4.78 is 14.1. The Hall–Kier alpha value is -3.50. The third-order valence-electron chi connectivity index (χ3n) is 4.66. The van der Waals surface area contributed by atoms with Gasteiger partial charge in [0, 0.05) is 32.2 Å². The van der Waals surface area contributed by atoms with Crippen molar-refractivity contribution in [1.29, 1.82) is 0 Å². The van der Waals surface area contributed by atoms with Crippen LogP contribution in [0, 0.1) is 5.82 Å². The lowest BCUT2D eigenvalue weighted by Gasteiger charge is -2.19. The van der Waals surface area contributed by atoms with Crippen molar-refractivity contribution in [2.24, 2.45) is 0 Å². The third-order valence-corrected chi connectivity index (χ3v) is 4.89. The Labute approximate surface area is 183 Å². The topological polar surface area (TPSA) is 107 Å². The van der Waals surface area contributed by atoms with E-state index in [9.17, 15) is 9.18 Å². The lowest BCUT2D eigenvalue weighted by Crippen LogP contribution is -2.35. The van der Waals surface area contributed by atoms with Gasteiger partial charge in [-0.3, -0.25) is 4.79 Å². The first-order valence-corrected chi connectivity index (χ1v) is 9.92. The van der Waals surface area contributed by atoms with Gasteiger partial charge in [0.05, 0.1) is 23.8 Å². The van der Waals surface area contributed by atoms with Gasteiger partial charge in [-0.2, -0.15) is 4.98 Å². The highest BCUT2D eigenvalue weighted by Gasteiger charge is 2.19. The Bertz CT molecular complexity index is 1100. The number of carbonyl (C=O) groups excluding carboxylic acids is 1. The van der Waals surface area contributed by atoms with E-state index >= 15 is 0 Å². The van der Waals surface area contributed by atoms with Crippen LogP contribution >= 0.6 is 11.6 Å². The molecule has 1 amide bonds. The number of carbonyl (C=O) groups is 1. The number of hydrogen-bond donors (Lipinski definition) is 4. The van der Waals surface area contributed by atoms with E-state index in [0.29, 0.717) is 30.4 Å². The fourth-order valence-corrected chi connectivity index (χ4v) is 3.21. The maximum atomic E-state index is 14.1. The average Bonchev–Trinajstić information content (AvgIpc) is 3.18. The Balaban J connectivity index is 1.46. The summed E-state index contributed by atoms with van der Waals surface area (Å²) in [6.45, 7) is 1.20. The van der Waals surface area contributed by atoms with Crippen LogP contribution < -0.4 is 26.4 Å². The van der Waals surface area contributed by atoms with E-state index in [1.165, 1.54) is 6.20 Å². The molecular formula is C20H20ClFN8O. The van der Waals surface area contributed by atoms with E-state index < -0.39 is 5.82 Å². The molecule has 0 aliphatic carbocycles. The second-order valence-corrected chi connectivity index (χ2v) is 7.15. The van der Waals surface area contributed by atoms with Crippen molar-refractivity contribution < 1.29 is 9.18 Å². The quantitative estimate of drug-likeness (QED) is 0.413. The Morgan fingerprint density at radius 3 is 2.81 bits per heavy atom. The van der Waals surface area contributed by atoms with Crippen LogP contribution in [0.5, 0.6) is 0 Å². The van der Waals surface area contributed by atoms with Crippen molar-refractivity contribution in [1.82, 2.24) is 25.7 Å². The SMILES string of the molecule is CNC(=O)CCN1NCc2cc(Nc3ncc(F)c(Nc4ccc(Cl)nc4)n3)ccc21. The van der Waals surface area contributed by atoms with Crippen LogP contribution in [0.25, 0.3) is 0 Å². The predicted octanol–water partition coefficient (Wildman–Crippen LogP) is 3.11. The highest BCUT2D eigenvalue weighted by Crippen LogP contribution is 2.29. The molecular weight excluding hydrogens is 423 g/mol. The second-order valence-electron chi connectivity index (χ2n) is 6.76. The molecule has 0 bridgehead atoms. The standard InChI is InChI=1S/C20H20ClFN8O/c1-23-18(31)6-7-30-16-4-2-13(8-12(16)9-26-30)28-20-25-11-15(22)19(29-20)27-14-3-5-17(21)24-10-14/h2-5,8,10-11,26H,6-7,9H2,1H3,(H,23,31)(H2,25,27,28,29). The number of anilines is 5. The van der Waals surface area contributed by atoms with Crippen LogP contribution in [0.1, 0.15) is 12.0 Å². The molecule has 0 radical (unpaired) electrons. The molecule has 4 rings (SSSR count). The highest BCUT2D eigenvalue weighted by molar-refractivity contribution is 6.29. The van der Waals surface area contributed by atoms with E-state index in [1.807, 2.05) is 23.2 Å². The van der Waals surface area contributed by atoms with E-state index in [4.69, 9.17) is 11.6 Å². The fraction of sp³-hybridized carbons (Fsp3) is 0.200. The number of benzene rings is 1. The van der Waals surface area contributed by atoms with E-state index in [0.717, 1.165) is 23.1 Å². The van der Waals surface area contributed by atoms with Crippen LogP contribution in [0.3, 0.4) is 0 Å². The minimum Gasteiger partial charge on any atom is -0.359 e. The molecule has 11 heteroatoms. The number of aromatic nitrogens is 3. The largest absolute Gasteiger partial charge is 0.359 e. The van der Waals surface area contributed by atoms with Crippen molar-refractivity contribution >= 4 is 46.3 Å². The Morgan fingerprint density at radius 1 is 1.19 bits per heavy atom. The number of halogens is 2. The number of amides is 1. The summed E-state index contributed by atoms with van der Waals surface area (Å²) in [7, 11) is 1.62. The number of rotatable bonds is 7. The fourth-order valence-electron chi connectivity index (χ4n) is 3.10. The van der Waals surface area contributed by atoms with Gasteiger partial charge in [0.25, 0.3) is 0 Å². The maximum Gasteiger partial charge on any atom is 0.229 e. The maximum absolute atomic E-state index is 14.1. The minimum atomic E-state index is -0.592. The van der Waals surface area contributed by atoms with Gasteiger partial charge < -0.3 is 21.0 Å². The van der Waals surface area contributed by atoms with Gasteiger partial charge in [0.15, 0.2) is 11.6 Å². The lowest BCUT2D eigenvalue weighted by molar-refractivity contribution is -0.120. The number of hydrazine groups is 1. The molecule has 2 aromatic heterocycles. The van der Waals surface area contributed by atoms with Gasteiger partial charge in [-0.1, -0.05) is 11.6 Å². The first-order chi connectivity index (χ1) is 15.0. The molecule has 1 aliphatic heterocycles. The summed E-state index contributed by atoms with van der Waals surface area (Å²) in [4.78, 5) is 23.7. The van der Waals surface area contributed by atoms with Crippen LogP contribution in [0.2, 0.25) is 5.15 Å². The molecule has 0 fully saturated rings. The number of hydrogen-bond acceptors (Lipinski definition) is 8. The second kappa shape index (κ2) is 9.11. The highest BCUT2D eigenvalue weighted by atomic mass is 35.5. The van der Waals surface area contributed by atoms with Crippen LogP contribution in [0.15, 0.2) is 42.7 Å². The van der Waals surface area contributed by atoms with Crippen LogP contribution in [-0.2, 0) is 11.3 Å². The van der Waals surface area contributed by atoms with E-state index in [2.05, 4.69) is 36.3 Å². The van der Waals surface area contributed by atoms with Gasteiger partial charge in [-0.05, 0) is 35.9 Å². The molecule has 0 spiro atoms. The number of pyridine rings is 1. The molecule has 4 N–H and O–H groups in total. The summed E-state index contributed by atoms with van der Waals surface area (Å²) in [6, 6.07) is 9.06. The molecule has 0 saturated carbocycles.